The molecule has 1 aliphatic heterocycles. The zero-order valence-corrected chi connectivity index (χ0v) is 16.8. The van der Waals surface area contributed by atoms with Gasteiger partial charge in [0.1, 0.15) is 0 Å². The molecule has 0 radical (unpaired) electrons. The quantitative estimate of drug-likeness (QED) is 0.667. The Balaban J connectivity index is 1.27. The summed E-state index contributed by atoms with van der Waals surface area (Å²) in [5.74, 6) is 2.07. The molecule has 1 fully saturated rings. The lowest BCUT2D eigenvalue weighted by Crippen LogP contribution is -2.33. The van der Waals surface area contributed by atoms with E-state index in [0.717, 1.165) is 49.6 Å². The van der Waals surface area contributed by atoms with E-state index in [1.807, 2.05) is 7.05 Å². The summed E-state index contributed by atoms with van der Waals surface area (Å²) in [6, 6.07) is 0. The maximum atomic E-state index is 12.4. The maximum absolute atomic E-state index is 12.4. The zero-order valence-electron chi connectivity index (χ0n) is 16.8. The van der Waals surface area contributed by atoms with Crippen molar-refractivity contribution in [2.45, 2.75) is 51.7 Å². The molecule has 3 heterocycles. The van der Waals surface area contributed by atoms with Gasteiger partial charge in [0.2, 0.25) is 5.91 Å². The van der Waals surface area contributed by atoms with Crippen LogP contribution in [0.2, 0.25) is 0 Å². The standard InChI is InChI=1S/C21H27N5O3/c1-25(21(27)15-4-2-3-5-15)10-8-18-22-20(29-24-18)19-16-13-28-11-9-17(16)26(23-19)12-14-6-7-14/h2-3,14-15H,4-13H2,1H3. The lowest BCUT2D eigenvalue weighted by atomic mass is 10.1. The van der Waals surface area contributed by atoms with E-state index < -0.39 is 0 Å². The molecule has 2 aliphatic carbocycles. The van der Waals surface area contributed by atoms with Gasteiger partial charge in [-0.25, -0.2) is 0 Å². The van der Waals surface area contributed by atoms with Crippen LogP contribution in [0.4, 0.5) is 0 Å². The average molecular weight is 397 g/mol. The number of carbonyl (C=O) groups excluding carboxylic acids is 1. The van der Waals surface area contributed by atoms with E-state index in [2.05, 4.69) is 27.0 Å². The monoisotopic (exact) mass is 397 g/mol. The van der Waals surface area contributed by atoms with E-state index in [4.69, 9.17) is 14.4 Å². The summed E-state index contributed by atoms with van der Waals surface area (Å²) in [4.78, 5) is 18.8. The van der Waals surface area contributed by atoms with Crippen LogP contribution in [-0.2, 0) is 35.5 Å². The number of ether oxygens (including phenoxy) is 1. The fourth-order valence-electron chi connectivity index (χ4n) is 4.14. The molecule has 0 N–H and O–H groups in total. The summed E-state index contributed by atoms with van der Waals surface area (Å²) < 4.78 is 13.3. The smallest absolute Gasteiger partial charge is 0.278 e. The number of fused-ring (bicyclic) bond motifs is 1. The van der Waals surface area contributed by atoms with Gasteiger partial charge in [-0.3, -0.25) is 9.48 Å². The lowest BCUT2D eigenvalue weighted by molar-refractivity contribution is -0.133. The molecule has 0 spiro atoms. The first-order valence-electron chi connectivity index (χ1n) is 10.6. The fraction of sp³-hybridized carbons (Fsp3) is 0.619. The molecule has 0 saturated heterocycles. The summed E-state index contributed by atoms with van der Waals surface area (Å²) in [6.07, 6.45) is 9.84. The van der Waals surface area contributed by atoms with Gasteiger partial charge in [0.15, 0.2) is 11.5 Å². The molecule has 5 rings (SSSR count). The molecular weight excluding hydrogens is 370 g/mol. The Morgan fingerprint density at radius 2 is 2.14 bits per heavy atom. The minimum absolute atomic E-state index is 0.0859. The van der Waals surface area contributed by atoms with Gasteiger partial charge in [0.05, 0.1) is 13.2 Å². The Morgan fingerprint density at radius 3 is 2.93 bits per heavy atom. The van der Waals surface area contributed by atoms with Gasteiger partial charge in [0.25, 0.3) is 5.89 Å². The minimum Gasteiger partial charge on any atom is -0.376 e. The molecule has 154 valence electrons. The normalized spacial score (nSPS) is 18.9. The van der Waals surface area contributed by atoms with Crippen molar-refractivity contribution in [1.82, 2.24) is 24.8 Å². The maximum Gasteiger partial charge on any atom is 0.278 e. The third-order valence-corrected chi connectivity index (χ3v) is 6.10. The minimum atomic E-state index is 0.0859. The molecule has 2 aromatic rings. The van der Waals surface area contributed by atoms with Crippen LogP contribution in [0.5, 0.6) is 0 Å². The van der Waals surface area contributed by atoms with Crippen LogP contribution in [0, 0.1) is 11.8 Å². The van der Waals surface area contributed by atoms with Crippen molar-refractivity contribution in [2.24, 2.45) is 11.8 Å². The highest BCUT2D eigenvalue weighted by atomic mass is 16.5. The van der Waals surface area contributed by atoms with Crippen molar-refractivity contribution in [3.8, 4) is 11.6 Å². The second-order valence-corrected chi connectivity index (χ2v) is 8.37. The number of nitrogens with zero attached hydrogens (tertiary/aromatic N) is 5. The first-order chi connectivity index (χ1) is 14.2. The molecule has 0 bridgehead atoms. The van der Waals surface area contributed by atoms with Crippen molar-refractivity contribution in [1.29, 1.82) is 0 Å². The fourth-order valence-corrected chi connectivity index (χ4v) is 4.14. The Kier molecular flexibility index (Phi) is 4.95. The summed E-state index contributed by atoms with van der Waals surface area (Å²) in [7, 11) is 1.84. The molecule has 0 unspecified atom stereocenters. The van der Waals surface area contributed by atoms with Crippen LogP contribution in [-0.4, -0.2) is 50.9 Å². The van der Waals surface area contributed by atoms with E-state index in [-0.39, 0.29) is 11.8 Å². The summed E-state index contributed by atoms with van der Waals surface area (Å²) in [5.41, 5.74) is 3.07. The van der Waals surface area contributed by atoms with E-state index in [0.29, 0.717) is 31.3 Å². The van der Waals surface area contributed by atoms with Crippen LogP contribution in [0.1, 0.15) is 42.8 Å². The first kappa shape index (κ1) is 18.5. The Labute approximate surface area is 169 Å². The third-order valence-electron chi connectivity index (χ3n) is 6.10. The number of rotatable bonds is 7. The highest BCUT2D eigenvalue weighted by Gasteiger charge is 2.29. The number of hydrogen-bond acceptors (Lipinski definition) is 6. The van der Waals surface area contributed by atoms with Crippen LogP contribution >= 0.6 is 0 Å². The zero-order chi connectivity index (χ0) is 19.8. The van der Waals surface area contributed by atoms with Gasteiger partial charge < -0.3 is 14.2 Å². The summed E-state index contributed by atoms with van der Waals surface area (Å²) in [5, 5.41) is 8.93. The van der Waals surface area contributed by atoms with Gasteiger partial charge in [-0.2, -0.15) is 10.1 Å². The molecule has 8 heteroatoms. The number of hydrogen-bond donors (Lipinski definition) is 0. The van der Waals surface area contributed by atoms with Gasteiger partial charge >= 0.3 is 0 Å². The van der Waals surface area contributed by atoms with Crippen molar-refractivity contribution in [2.75, 3.05) is 20.2 Å². The molecule has 8 nitrogen and oxygen atoms in total. The van der Waals surface area contributed by atoms with Crippen molar-refractivity contribution < 1.29 is 14.1 Å². The molecule has 3 aliphatic rings. The van der Waals surface area contributed by atoms with Crippen LogP contribution in [0.3, 0.4) is 0 Å². The second kappa shape index (κ2) is 7.74. The highest BCUT2D eigenvalue weighted by molar-refractivity contribution is 5.79. The second-order valence-electron chi connectivity index (χ2n) is 8.37. The predicted octanol–water partition coefficient (Wildman–Crippen LogP) is 2.38. The number of carbonyl (C=O) groups is 1. The Bertz CT molecular complexity index is 919. The molecular formula is C21H27N5O3. The molecule has 0 aromatic carbocycles. The van der Waals surface area contributed by atoms with Crippen LogP contribution < -0.4 is 0 Å². The first-order valence-corrected chi connectivity index (χ1v) is 10.6. The van der Waals surface area contributed by atoms with E-state index in [9.17, 15) is 4.79 Å². The van der Waals surface area contributed by atoms with Crippen molar-refractivity contribution in [3.05, 3.63) is 29.2 Å². The number of likely N-dealkylation sites (N-methyl/N-ethyl adjacent to an activating group) is 1. The highest BCUT2D eigenvalue weighted by Crippen LogP contribution is 2.34. The van der Waals surface area contributed by atoms with E-state index in [1.165, 1.54) is 18.5 Å². The SMILES string of the molecule is CN(CCc1noc(-c2nn(CC3CC3)c3c2COCC3)n1)C(=O)C1CC=CC1. The van der Waals surface area contributed by atoms with E-state index >= 15 is 0 Å². The Morgan fingerprint density at radius 1 is 1.31 bits per heavy atom. The molecule has 0 atom stereocenters. The number of amides is 1. The van der Waals surface area contributed by atoms with Gasteiger partial charge in [0, 0.05) is 50.2 Å². The average Bonchev–Trinajstić information content (AvgIpc) is 3.15. The van der Waals surface area contributed by atoms with Crippen LogP contribution in [0.15, 0.2) is 16.7 Å². The van der Waals surface area contributed by atoms with Gasteiger partial charge in [-0.15, -0.1) is 0 Å². The number of aromatic nitrogens is 4. The lowest BCUT2D eigenvalue weighted by Gasteiger charge is -2.20. The third kappa shape index (κ3) is 3.85. The van der Waals surface area contributed by atoms with Gasteiger partial charge in [-0.1, -0.05) is 17.3 Å². The Hall–Kier alpha value is -2.48. The van der Waals surface area contributed by atoms with Crippen LogP contribution in [0.25, 0.3) is 11.6 Å². The predicted molar refractivity (Wildman–Crippen MR) is 105 cm³/mol. The summed E-state index contributed by atoms with van der Waals surface area (Å²) in [6.45, 7) is 2.81. The van der Waals surface area contributed by atoms with Crippen molar-refractivity contribution >= 4 is 5.91 Å². The van der Waals surface area contributed by atoms with Gasteiger partial charge in [-0.05, 0) is 31.6 Å². The largest absolute Gasteiger partial charge is 0.376 e. The van der Waals surface area contributed by atoms with E-state index in [1.54, 1.807) is 4.90 Å². The molecule has 2 aromatic heterocycles. The topological polar surface area (TPSA) is 86.3 Å². The summed E-state index contributed by atoms with van der Waals surface area (Å²) >= 11 is 0. The molecule has 1 amide bonds. The van der Waals surface area contributed by atoms with Crippen molar-refractivity contribution in [3.63, 3.8) is 0 Å². The number of allylic oxidation sites excluding steroid dienone is 2. The molecule has 29 heavy (non-hydrogen) atoms. The molecule has 1 saturated carbocycles.